The van der Waals surface area contributed by atoms with Crippen LogP contribution in [0, 0.1) is 5.82 Å². The Bertz CT molecular complexity index is 861. The maximum Gasteiger partial charge on any atom is 0.257 e. The van der Waals surface area contributed by atoms with Crippen molar-refractivity contribution in [3.8, 4) is 10.8 Å². The maximum atomic E-state index is 13.0. The van der Waals surface area contributed by atoms with Crippen LogP contribution in [0.5, 0.6) is 0 Å². The molecular weight excluding hydrogens is 341 g/mol. The number of hydrogen-bond acceptors (Lipinski definition) is 5. The van der Waals surface area contributed by atoms with E-state index in [-0.39, 0.29) is 17.6 Å². The van der Waals surface area contributed by atoms with Gasteiger partial charge in [-0.2, -0.15) is 0 Å². The van der Waals surface area contributed by atoms with E-state index < -0.39 is 0 Å². The first-order valence-electron chi connectivity index (χ1n) is 8.13. The van der Waals surface area contributed by atoms with Gasteiger partial charge in [0.15, 0.2) is 0 Å². The van der Waals surface area contributed by atoms with Crippen LogP contribution in [0.3, 0.4) is 0 Å². The van der Waals surface area contributed by atoms with Gasteiger partial charge >= 0.3 is 0 Å². The van der Waals surface area contributed by atoms with E-state index in [0.717, 1.165) is 17.7 Å². The van der Waals surface area contributed by atoms with Crippen LogP contribution in [0.1, 0.15) is 35.0 Å². The lowest BCUT2D eigenvalue weighted by atomic mass is 9.97. The molecule has 1 aliphatic heterocycles. The number of likely N-dealkylation sites (tertiary alicyclic amines) is 1. The zero-order valence-corrected chi connectivity index (χ0v) is 14.2. The predicted octanol–water partition coefficient (Wildman–Crippen LogP) is 3.96. The second-order valence-electron chi connectivity index (χ2n) is 6.02. The van der Waals surface area contributed by atoms with Gasteiger partial charge in [0.2, 0.25) is 5.89 Å². The van der Waals surface area contributed by atoms with Crippen molar-refractivity contribution in [1.82, 2.24) is 15.1 Å². The SMILES string of the molecule is O=C(c1ccc(F)cc1)N1CCC[C@@H](c2nnc(-c3cccs3)o2)C1. The summed E-state index contributed by atoms with van der Waals surface area (Å²) in [5.41, 5.74) is 0.492. The number of hydrogen-bond donors (Lipinski definition) is 0. The van der Waals surface area contributed by atoms with Crippen LogP contribution in [-0.2, 0) is 0 Å². The molecule has 0 spiro atoms. The van der Waals surface area contributed by atoms with Gasteiger partial charge in [-0.05, 0) is 48.6 Å². The molecule has 0 unspecified atom stereocenters. The zero-order valence-electron chi connectivity index (χ0n) is 13.4. The number of benzene rings is 1. The molecule has 0 radical (unpaired) electrons. The molecule has 7 heteroatoms. The Labute approximate surface area is 148 Å². The Hall–Kier alpha value is -2.54. The molecule has 0 bridgehead atoms. The molecule has 2 aromatic heterocycles. The van der Waals surface area contributed by atoms with Crippen molar-refractivity contribution in [3.05, 3.63) is 59.0 Å². The van der Waals surface area contributed by atoms with Crippen molar-refractivity contribution in [2.75, 3.05) is 13.1 Å². The monoisotopic (exact) mass is 357 g/mol. The van der Waals surface area contributed by atoms with Crippen molar-refractivity contribution in [2.24, 2.45) is 0 Å². The second kappa shape index (κ2) is 6.76. The topological polar surface area (TPSA) is 59.2 Å². The van der Waals surface area contributed by atoms with Crippen LogP contribution in [0.25, 0.3) is 10.8 Å². The molecule has 1 aliphatic rings. The van der Waals surface area contributed by atoms with Crippen LogP contribution >= 0.6 is 11.3 Å². The average Bonchev–Trinajstić information content (AvgIpc) is 3.33. The van der Waals surface area contributed by atoms with Gasteiger partial charge in [-0.25, -0.2) is 4.39 Å². The number of aromatic nitrogens is 2. The number of carbonyl (C=O) groups is 1. The Morgan fingerprint density at radius 2 is 2.08 bits per heavy atom. The summed E-state index contributed by atoms with van der Waals surface area (Å²) in [6.07, 6.45) is 1.77. The fraction of sp³-hybridized carbons (Fsp3) is 0.278. The zero-order chi connectivity index (χ0) is 17.2. The highest BCUT2D eigenvalue weighted by Gasteiger charge is 2.29. The molecule has 1 fully saturated rings. The lowest BCUT2D eigenvalue weighted by molar-refractivity contribution is 0.0698. The molecule has 1 saturated heterocycles. The molecule has 3 aromatic rings. The fourth-order valence-corrected chi connectivity index (χ4v) is 3.68. The van der Waals surface area contributed by atoms with Gasteiger partial charge in [-0.3, -0.25) is 4.79 Å². The van der Waals surface area contributed by atoms with Gasteiger partial charge < -0.3 is 9.32 Å². The number of thiophene rings is 1. The number of rotatable bonds is 3. The van der Waals surface area contributed by atoms with Crippen LogP contribution < -0.4 is 0 Å². The smallest absolute Gasteiger partial charge is 0.257 e. The first-order chi connectivity index (χ1) is 12.2. The first-order valence-corrected chi connectivity index (χ1v) is 9.01. The van der Waals surface area contributed by atoms with Crippen LogP contribution in [0.15, 0.2) is 46.2 Å². The molecule has 1 atom stereocenters. The first kappa shape index (κ1) is 16.0. The fourth-order valence-electron chi connectivity index (χ4n) is 3.04. The van der Waals surface area contributed by atoms with Gasteiger partial charge in [0.25, 0.3) is 11.8 Å². The minimum atomic E-state index is -0.347. The van der Waals surface area contributed by atoms with Crippen molar-refractivity contribution < 1.29 is 13.6 Å². The highest BCUT2D eigenvalue weighted by atomic mass is 32.1. The third-order valence-corrected chi connectivity index (χ3v) is 5.18. The second-order valence-corrected chi connectivity index (χ2v) is 6.97. The van der Waals surface area contributed by atoms with Gasteiger partial charge in [-0.15, -0.1) is 21.5 Å². The van der Waals surface area contributed by atoms with Crippen molar-refractivity contribution in [2.45, 2.75) is 18.8 Å². The van der Waals surface area contributed by atoms with Crippen molar-refractivity contribution in [1.29, 1.82) is 0 Å². The Morgan fingerprint density at radius 3 is 2.84 bits per heavy atom. The molecule has 0 N–H and O–H groups in total. The molecule has 0 saturated carbocycles. The molecule has 0 aliphatic carbocycles. The lowest BCUT2D eigenvalue weighted by Crippen LogP contribution is -2.39. The summed E-state index contributed by atoms with van der Waals surface area (Å²) in [6.45, 7) is 1.21. The summed E-state index contributed by atoms with van der Waals surface area (Å²) in [6, 6.07) is 9.52. The number of nitrogens with zero attached hydrogens (tertiary/aromatic N) is 3. The summed E-state index contributed by atoms with van der Waals surface area (Å²) in [5.74, 6) is 0.675. The third-order valence-electron chi connectivity index (χ3n) is 4.32. The largest absolute Gasteiger partial charge is 0.420 e. The number of amides is 1. The average molecular weight is 357 g/mol. The van der Waals surface area contributed by atoms with Gasteiger partial charge in [0, 0.05) is 18.7 Å². The van der Waals surface area contributed by atoms with Crippen LogP contribution in [0.4, 0.5) is 4.39 Å². The molecule has 4 rings (SSSR count). The highest BCUT2D eigenvalue weighted by Crippen LogP contribution is 2.30. The van der Waals surface area contributed by atoms with Crippen molar-refractivity contribution in [3.63, 3.8) is 0 Å². The van der Waals surface area contributed by atoms with Gasteiger partial charge in [-0.1, -0.05) is 6.07 Å². The van der Waals surface area contributed by atoms with E-state index in [4.69, 9.17) is 4.42 Å². The van der Waals surface area contributed by atoms with E-state index in [2.05, 4.69) is 10.2 Å². The summed E-state index contributed by atoms with van der Waals surface area (Å²) in [7, 11) is 0. The van der Waals surface area contributed by atoms with E-state index in [1.54, 1.807) is 16.2 Å². The molecule has 1 aromatic carbocycles. The quantitative estimate of drug-likeness (QED) is 0.712. The Balaban J connectivity index is 1.49. The number of halogens is 1. The van der Waals surface area contributed by atoms with Gasteiger partial charge in [0.05, 0.1) is 10.8 Å². The normalized spacial score (nSPS) is 17.6. The minimum Gasteiger partial charge on any atom is -0.420 e. The maximum absolute atomic E-state index is 13.0. The highest BCUT2D eigenvalue weighted by molar-refractivity contribution is 7.13. The number of piperidine rings is 1. The summed E-state index contributed by atoms with van der Waals surface area (Å²) in [5, 5.41) is 10.3. The Kier molecular flexibility index (Phi) is 4.31. The van der Waals surface area contributed by atoms with E-state index in [9.17, 15) is 9.18 Å². The molecule has 1 amide bonds. The third kappa shape index (κ3) is 3.32. The summed E-state index contributed by atoms with van der Waals surface area (Å²) < 4.78 is 18.9. The molecule has 5 nitrogen and oxygen atoms in total. The number of carbonyl (C=O) groups excluding carboxylic acids is 1. The summed E-state index contributed by atoms with van der Waals surface area (Å²) in [4.78, 5) is 15.3. The molecular formula is C18H16FN3O2S. The van der Waals surface area contributed by atoms with E-state index in [1.807, 2.05) is 17.5 Å². The molecule has 25 heavy (non-hydrogen) atoms. The van der Waals surface area contributed by atoms with E-state index in [1.165, 1.54) is 24.3 Å². The van der Waals surface area contributed by atoms with Crippen LogP contribution in [0.2, 0.25) is 0 Å². The van der Waals surface area contributed by atoms with Crippen molar-refractivity contribution >= 4 is 17.2 Å². The summed E-state index contributed by atoms with van der Waals surface area (Å²) >= 11 is 1.55. The molecule has 128 valence electrons. The predicted molar refractivity (Wildman–Crippen MR) is 91.9 cm³/mol. The minimum absolute atomic E-state index is 0.0272. The van der Waals surface area contributed by atoms with E-state index in [0.29, 0.717) is 30.4 Å². The Morgan fingerprint density at radius 1 is 1.24 bits per heavy atom. The van der Waals surface area contributed by atoms with E-state index >= 15 is 0 Å². The van der Waals surface area contributed by atoms with Crippen LogP contribution in [-0.4, -0.2) is 34.1 Å². The molecule has 3 heterocycles. The standard InChI is InChI=1S/C18H16FN3O2S/c19-14-7-5-12(6-8-14)18(23)22-9-1-3-13(11-22)16-20-21-17(24-16)15-4-2-10-25-15/h2,4-8,10,13H,1,3,9,11H2/t13-/m1/s1. The van der Waals surface area contributed by atoms with Gasteiger partial charge in [0.1, 0.15) is 5.82 Å². The lowest BCUT2D eigenvalue weighted by Gasteiger charge is -2.31.